The first-order valence-corrected chi connectivity index (χ1v) is 8.37. The van der Waals surface area contributed by atoms with Crippen LogP contribution >= 0.6 is 11.6 Å². The van der Waals surface area contributed by atoms with Crippen LogP contribution in [0, 0.1) is 5.82 Å². The van der Waals surface area contributed by atoms with Gasteiger partial charge >= 0.3 is 5.97 Å². The summed E-state index contributed by atoms with van der Waals surface area (Å²) in [7, 11) is 0. The van der Waals surface area contributed by atoms with Crippen LogP contribution in [0.25, 0.3) is 11.1 Å². The van der Waals surface area contributed by atoms with Crippen LogP contribution in [0.1, 0.15) is 11.1 Å². The van der Waals surface area contributed by atoms with Gasteiger partial charge in [0.1, 0.15) is 18.2 Å². The van der Waals surface area contributed by atoms with Crippen LogP contribution in [0.4, 0.5) is 4.39 Å². The lowest BCUT2D eigenvalue weighted by Crippen LogP contribution is -2.04. The summed E-state index contributed by atoms with van der Waals surface area (Å²) in [5, 5.41) is 9.23. The van der Waals surface area contributed by atoms with E-state index in [9.17, 15) is 14.3 Å². The van der Waals surface area contributed by atoms with Crippen molar-refractivity contribution < 1.29 is 19.0 Å². The van der Waals surface area contributed by atoms with Gasteiger partial charge in [0.05, 0.1) is 11.4 Å². The van der Waals surface area contributed by atoms with E-state index < -0.39 is 11.8 Å². The van der Waals surface area contributed by atoms with Crippen molar-refractivity contribution in [1.82, 2.24) is 0 Å². The third kappa shape index (κ3) is 4.41. The smallest absolute Gasteiger partial charge is 0.307 e. The van der Waals surface area contributed by atoms with Crippen molar-refractivity contribution in [2.75, 3.05) is 0 Å². The number of benzene rings is 3. The van der Waals surface area contributed by atoms with E-state index in [1.54, 1.807) is 24.3 Å². The van der Waals surface area contributed by atoms with Crippen molar-refractivity contribution in [2.45, 2.75) is 13.0 Å². The average Bonchev–Trinajstić information content (AvgIpc) is 2.63. The molecule has 3 rings (SSSR count). The van der Waals surface area contributed by atoms with E-state index in [0.717, 1.165) is 5.56 Å². The molecule has 1 N–H and O–H groups in total. The summed E-state index contributed by atoms with van der Waals surface area (Å²) in [5.41, 5.74) is 2.83. The Labute approximate surface area is 155 Å². The molecule has 0 aliphatic carbocycles. The third-order valence-corrected chi connectivity index (χ3v) is 4.20. The lowest BCUT2D eigenvalue weighted by molar-refractivity contribution is -0.136. The van der Waals surface area contributed by atoms with E-state index in [0.29, 0.717) is 29.0 Å². The SMILES string of the molecule is O=C(O)Cc1cc(-c2ccc(Cl)c(F)c2)ccc1OCc1ccccc1. The predicted octanol–water partition coefficient (Wildman–Crippen LogP) is 5.35. The van der Waals surface area contributed by atoms with E-state index in [2.05, 4.69) is 0 Å². The fourth-order valence-electron chi connectivity index (χ4n) is 2.61. The maximum absolute atomic E-state index is 13.7. The van der Waals surface area contributed by atoms with Gasteiger partial charge in [-0.3, -0.25) is 4.79 Å². The van der Waals surface area contributed by atoms with Gasteiger partial charge in [0, 0.05) is 5.56 Å². The predicted molar refractivity (Wildman–Crippen MR) is 99.0 cm³/mol. The quantitative estimate of drug-likeness (QED) is 0.636. The maximum atomic E-state index is 13.7. The van der Waals surface area contributed by atoms with Gasteiger partial charge in [-0.25, -0.2) is 4.39 Å². The van der Waals surface area contributed by atoms with Crippen LogP contribution in [0.2, 0.25) is 5.02 Å². The molecule has 0 heterocycles. The van der Waals surface area contributed by atoms with Crippen LogP contribution in [-0.4, -0.2) is 11.1 Å². The van der Waals surface area contributed by atoms with Crippen molar-refractivity contribution in [3.05, 3.63) is 88.7 Å². The van der Waals surface area contributed by atoms with Crippen molar-refractivity contribution in [3.63, 3.8) is 0 Å². The Kier molecular flexibility index (Phi) is 5.54. The molecule has 5 heteroatoms. The fourth-order valence-corrected chi connectivity index (χ4v) is 2.73. The molecule has 0 atom stereocenters. The van der Waals surface area contributed by atoms with Crippen molar-refractivity contribution in [1.29, 1.82) is 0 Å². The van der Waals surface area contributed by atoms with Gasteiger partial charge < -0.3 is 9.84 Å². The van der Waals surface area contributed by atoms with E-state index >= 15 is 0 Å². The van der Waals surface area contributed by atoms with Crippen LogP contribution < -0.4 is 4.74 Å². The van der Waals surface area contributed by atoms with Crippen LogP contribution in [-0.2, 0) is 17.8 Å². The number of hydrogen-bond donors (Lipinski definition) is 1. The normalized spacial score (nSPS) is 10.5. The summed E-state index contributed by atoms with van der Waals surface area (Å²) in [6.45, 7) is 0.336. The average molecular weight is 371 g/mol. The minimum atomic E-state index is -0.964. The molecule has 132 valence electrons. The van der Waals surface area contributed by atoms with Gasteiger partial charge in [-0.2, -0.15) is 0 Å². The Balaban J connectivity index is 1.89. The highest BCUT2D eigenvalue weighted by molar-refractivity contribution is 6.30. The Morgan fingerprint density at radius 3 is 2.38 bits per heavy atom. The Hall–Kier alpha value is -2.85. The standard InChI is InChI=1S/C21H16ClFO3/c22-18-8-6-16(11-19(18)23)15-7-9-20(17(10-15)12-21(24)25)26-13-14-4-2-1-3-5-14/h1-11H,12-13H2,(H,24,25). The first kappa shape index (κ1) is 18.0. The summed E-state index contributed by atoms with van der Waals surface area (Å²) in [4.78, 5) is 11.2. The number of halogens is 2. The van der Waals surface area contributed by atoms with Crippen molar-refractivity contribution in [2.24, 2.45) is 0 Å². The van der Waals surface area contributed by atoms with Crippen molar-refractivity contribution in [3.8, 4) is 16.9 Å². The van der Waals surface area contributed by atoms with E-state index in [4.69, 9.17) is 16.3 Å². The fraction of sp³-hybridized carbons (Fsp3) is 0.0952. The first-order chi connectivity index (χ1) is 12.5. The molecular weight excluding hydrogens is 355 g/mol. The molecule has 0 saturated carbocycles. The first-order valence-electron chi connectivity index (χ1n) is 8.00. The van der Waals surface area contributed by atoms with Gasteiger partial charge in [0.15, 0.2) is 0 Å². The Bertz CT molecular complexity index is 926. The second kappa shape index (κ2) is 8.02. The molecule has 3 aromatic rings. The number of carboxylic acids is 1. The summed E-state index contributed by atoms with van der Waals surface area (Å²) in [6.07, 6.45) is -0.186. The van der Waals surface area contributed by atoms with Gasteiger partial charge in [-0.05, 0) is 41.0 Å². The zero-order valence-corrected chi connectivity index (χ0v) is 14.5. The van der Waals surface area contributed by atoms with Gasteiger partial charge in [-0.15, -0.1) is 0 Å². The zero-order valence-electron chi connectivity index (χ0n) is 13.8. The topological polar surface area (TPSA) is 46.5 Å². The van der Waals surface area contributed by atoms with Gasteiger partial charge in [-0.1, -0.05) is 54.1 Å². The molecule has 0 aliphatic rings. The highest BCUT2D eigenvalue weighted by atomic mass is 35.5. The molecule has 3 aromatic carbocycles. The summed E-state index contributed by atoms with van der Waals surface area (Å²) < 4.78 is 19.5. The van der Waals surface area contributed by atoms with Crippen molar-refractivity contribution >= 4 is 17.6 Å². The lowest BCUT2D eigenvalue weighted by atomic mass is 10.0. The molecule has 26 heavy (non-hydrogen) atoms. The minimum absolute atomic E-state index is 0.0438. The summed E-state index contributed by atoms with van der Waals surface area (Å²) >= 11 is 5.72. The molecule has 0 aromatic heterocycles. The molecule has 0 aliphatic heterocycles. The Morgan fingerprint density at radius 2 is 1.69 bits per heavy atom. The summed E-state index contributed by atoms with van der Waals surface area (Å²) in [6, 6.07) is 19.3. The second-order valence-electron chi connectivity index (χ2n) is 5.80. The minimum Gasteiger partial charge on any atom is -0.489 e. The molecule has 0 fully saturated rings. The summed E-state index contributed by atoms with van der Waals surface area (Å²) in [5.74, 6) is -0.989. The van der Waals surface area contributed by atoms with Gasteiger partial charge in [0.25, 0.3) is 0 Å². The number of ether oxygens (including phenoxy) is 1. The van der Waals surface area contributed by atoms with Crippen LogP contribution in [0.5, 0.6) is 5.75 Å². The van der Waals surface area contributed by atoms with Crippen LogP contribution in [0.3, 0.4) is 0 Å². The number of hydrogen-bond acceptors (Lipinski definition) is 2. The maximum Gasteiger partial charge on any atom is 0.307 e. The largest absolute Gasteiger partial charge is 0.489 e. The number of aliphatic carboxylic acids is 1. The number of carboxylic acid groups (broad SMARTS) is 1. The zero-order chi connectivity index (χ0) is 18.5. The molecule has 0 unspecified atom stereocenters. The van der Waals surface area contributed by atoms with E-state index in [1.165, 1.54) is 12.1 Å². The molecular formula is C21H16ClFO3. The van der Waals surface area contributed by atoms with Gasteiger partial charge in [0.2, 0.25) is 0 Å². The molecule has 0 radical (unpaired) electrons. The van der Waals surface area contributed by atoms with E-state index in [1.807, 2.05) is 30.3 Å². The highest BCUT2D eigenvalue weighted by Gasteiger charge is 2.12. The highest BCUT2D eigenvalue weighted by Crippen LogP contribution is 2.29. The molecule has 0 amide bonds. The monoisotopic (exact) mass is 370 g/mol. The second-order valence-corrected chi connectivity index (χ2v) is 6.20. The number of carbonyl (C=O) groups is 1. The molecule has 0 bridgehead atoms. The van der Waals surface area contributed by atoms with E-state index in [-0.39, 0.29) is 11.4 Å². The Morgan fingerprint density at radius 1 is 1.00 bits per heavy atom. The van der Waals surface area contributed by atoms with Crippen LogP contribution in [0.15, 0.2) is 66.7 Å². The molecule has 0 spiro atoms. The number of rotatable bonds is 6. The lowest BCUT2D eigenvalue weighted by Gasteiger charge is -2.13. The molecule has 0 saturated heterocycles. The molecule has 3 nitrogen and oxygen atoms in total. The third-order valence-electron chi connectivity index (χ3n) is 3.89.